The third-order valence-electron chi connectivity index (χ3n) is 1.91. The second kappa shape index (κ2) is 5.39. The Balaban J connectivity index is 2.78. The van der Waals surface area contributed by atoms with Crippen LogP contribution in [-0.4, -0.2) is 7.11 Å². The lowest BCUT2D eigenvalue weighted by Gasteiger charge is -2.21. The van der Waals surface area contributed by atoms with E-state index in [9.17, 15) is 0 Å². The molecule has 0 saturated carbocycles. The molecule has 0 radical (unpaired) electrons. The molecule has 0 amide bonds. The van der Waals surface area contributed by atoms with Gasteiger partial charge in [0, 0.05) is 5.56 Å². The second-order valence-corrected chi connectivity index (χ2v) is 4.57. The van der Waals surface area contributed by atoms with Crippen molar-refractivity contribution in [1.82, 2.24) is 0 Å². The quantitative estimate of drug-likeness (QED) is 0.341. The van der Waals surface area contributed by atoms with E-state index in [0.717, 1.165) is 23.6 Å². The first kappa shape index (κ1) is 12.4. The molecule has 0 spiro atoms. The highest BCUT2D eigenvalue weighted by Gasteiger charge is 2.18. The first-order chi connectivity index (χ1) is 7.05. The maximum Gasteiger partial charge on any atom is 0.258 e. The van der Waals surface area contributed by atoms with Crippen molar-refractivity contribution in [2.45, 2.75) is 26.2 Å². The fourth-order valence-corrected chi connectivity index (χ4v) is 1.54. The van der Waals surface area contributed by atoms with Crippen molar-refractivity contribution in [1.29, 1.82) is 0 Å². The van der Waals surface area contributed by atoms with Crippen LogP contribution in [0.15, 0.2) is 24.3 Å². The van der Waals surface area contributed by atoms with Crippen LogP contribution in [0.1, 0.15) is 26.3 Å². The van der Waals surface area contributed by atoms with Crippen molar-refractivity contribution in [2.24, 2.45) is 0 Å². The van der Waals surface area contributed by atoms with Crippen LogP contribution in [0.5, 0.6) is 5.75 Å². The molecule has 0 aliphatic carbocycles. The number of hydrogen-bond donors (Lipinski definition) is 0. The summed E-state index contributed by atoms with van der Waals surface area (Å²) in [5, 5.41) is 0. The van der Waals surface area contributed by atoms with Gasteiger partial charge in [-0.05, 0) is 11.5 Å². The van der Waals surface area contributed by atoms with E-state index < -0.39 is 0 Å². The Morgan fingerprint density at radius 1 is 1.13 bits per heavy atom. The van der Waals surface area contributed by atoms with E-state index in [1.165, 1.54) is 7.11 Å². The number of hydrogen-bond acceptors (Lipinski definition) is 4. The molecular formula is C11H16O3S. The molecule has 84 valence electrons. The molecule has 0 aromatic heterocycles. The largest absolute Gasteiger partial charge is 0.398 e. The molecule has 15 heavy (non-hydrogen) atoms. The molecule has 0 saturated heterocycles. The topological polar surface area (TPSA) is 27.7 Å². The lowest BCUT2D eigenvalue weighted by molar-refractivity contribution is -0.164. The third kappa shape index (κ3) is 3.74. The van der Waals surface area contributed by atoms with E-state index >= 15 is 0 Å². The van der Waals surface area contributed by atoms with Gasteiger partial charge in [0.05, 0.1) is 7.11 Å². The van der Waals surface area contributed by atoms with Gasteiger partial charge in [-0.1, -0.05) is 39.0 Å². The predicted molar refractivity (Wildman–Crippen MR) is 61.5 cm³/mol. The molecule has 0 aliphatic rings. The molecule has 1 aromatic rings. The average Bonchev–Trinajstić information content (AvgIpc) is 2.17. The van der Waals surface area contributed by atoms with Gasteiger partial charge < -0.3 is 4.18 Å². The smallest absolute Gasteiger partial charge is 0.258 e. The molecule has 0 atom stereocenters. The zero-order valence-electron chi connectivity index (χ0n) is 9.44. The van der Waals surface area contributed by atoms with Crippen molar-refractivity contribution in [2.75, 3.05) is 7.11 Å². The molecular weight excluding hydrogens is 212 g/mol. The van der Waals surface area contributed by atoms with E-state index in [1.807, 2.05) is 24.3 Å². The summed E-state index contributed by atoms with van der Waals surface area (Å²) in [4.78, 5) is 4.43. The van der Waals surface area contributed by atoms with Gasteiger partial charge in [0.2, 0.25) is 0 Å². The molecule has 1 aromatic carbocycles. The SMILES string of the molecule is COOSOc1ccccc1C(C)(C)C. The Morgan fingerprint density at radius 3 is 2.40 bits per heavy atom. The fraction of sp³-hybridized carbons (Fsp3) is 0.455. The Bertz CT molecular complexity index is 307. The summed E-state index contributed by atoms with van der Waals surface area (Å²) < 4.78 is 9.97. The highest BCUT2D eigenvalue weighted by Crippen LogP contribution is 2.32. The lowest BCUT2D eigenvalue weighted by Crippen LogP contribution is -2.12. The highest BCUT2D eigenvalue weighted by atomic mass is 32.2. The van der Waals surface area contributed by atoms with Gasteiger partial charge in [-0.2, -0.15) is 0 Å². The standard InChI is InChI=1S/C11H16O3S/c1-11(2,3)9-7-5-6-8-10(9)13-15-14-12-4/h5-8H,1-4H3. The highest BCUT2D eigenvalue weighted by molar-refractivity contribution is 7.90. The van der Waals surface area contributed by atoms with Crippen LogP contribution in [0, 0.1) is 0 Å². The Hall–Kier alpha value is -0.710. The van der Waals surface area contributed by atoms with E-state index in [-0.39, 0.29) is 5.41 Å². The maximum absolute atomic E-state index is 5.37. The summed E-state index contributed by atoms with van der Waals surface area (Å²) in [6.07, 6.45) is 0. The summed E-state index contributed by atoms with van der Waals surface area (Å²) in [5.74, 6) is 0.798. The van der Waals surface area contributed by atoms with Gasteiger partial charge in [0.25, 0.3) is 12.3 Å². The number of rotatable bonds is 4. The molecule has 1 rings (SSSR count). The Kier molecular flexibility index (Phi) is 4.45. The molecule has 4 heteroatoms. The molecule has 0 heterocycles. The van der Waals surface area contributed by atoms with E-state index in [4.69, 9.17) is 4.18 Å². The maximum atomic E-state index is 5.37. The first-order valence-corrected chi connectivity index (χ1v) is 5.36. The first-order valence-electron chi connectivity index (χ1n) is 4.69. The summed E-state index contributed by atoms with van der Waals surface area (Å²) in [7, 11) is 1.44. The monoisotopic (exact) mass is 228 g/mol. The van der Waals surface area contributed by atoms with Crippen LogP contribution in [0.3, 0.4) is 0 Å². The van der Waals surface area contributed by atoms with Gasteiger partial charge in [-0.3, -0.25) is 0 Å². The van der Waals surface area contributed by atoms with Gasteiger partial charge in [0.1, 0.15) is 5.75 Å². The van der Waals surface area contributed by atoms with Gasteiger partial charge in [0.15, 0.2) is 0 Å². The number of benzene rings is 1. The zero-order valence-corrected chi connectivity index (χ0v) is 10.3. The molecule has 0 unspecified atom stereocenters. The minimum atomic E-state index is 0.0459. The summed E-state index contributed by atoms with van der Waals surface area (Å²) in [6.45, 7) is 6.41. The van der Waals surface area contributed by atoms with Crippen LogP contribution in [-0.2, 0) is 14.6 Å². The molecule has 0 aliphatic heterocycles. The fourth-order valence-electron chi connectivity index (χ4n) is 1.24. The van der Waals surface area contributed by atoms with Crippen molar-refractivity contribution in [3.63, 3.8) is 0 Å². The zero-order chi connectivity index (χ0) is 11.3. The van der Waals surface area contributed by atoms with Crippen molar-refractivity contribution in [3.05, 3.63) is 29.8 Å². The third-order valence-corrected chi connectivity index (χ3v) is 2.35. The minimum Gasteiger partial charge on any atom is -0.398 e. The van der Waals surface area contributed by atoms with Gasteiger partial charge >= 0.3 is 0 Å². The predicted octanol–water partition coefficient (Wildman–Crippen LogP) is 3.50. The van der Waals surface area contributed by atoms with Crippen LogP contribution in [0.4, 0.5) is 0 Å². The van der Waals surface area contributed by atoms with E-state index in [0.29, 0.717) is 0 Å². The van der Waals surface area contributed by atoms with Crippen LogP contribution >= 0.6 is 12.3 Å². The van der Waals surface area contributed by atoms with Crippen molar-refractivity contribution >= 4 is 12.3 Å². The molecule has 0 fully saturated rings. The molecule has 3 nitrogen and oxygen atoms in total. The minimum absolute atomic E-state index is 0.0459. The summed E-state index contributed by atoms with van der Waals surface area (Å²) in [6, 6.07) is 7.88. The lowest BCUT2D eigenvalue weighted by atomic mass is 9.86. The van der Waals surface area contributed by atoms with E-state index in [2.05, 4.69) is 30.0 Å². The van der Waals surface area contributed by atoms with Crippen LogP contribution < -0.4 is 4.18 Å². The summed E-state index contributed by atoms with van der Waals surface area (Å²) >= 11 is 0.814. The number of para-hydroxylation sites is 1. The van der Waals surface area contributed by atoms with Crippen LogP contribution in [0.25, 0.3) is 0 Å². The Labute approximate surface area is 95.1 Å². The summed E-state index contributed by atoms with van der Waals surface area (Å²) in [5.41, 5.74) is 1.18. The molecule has 0 bridgehead atoms. The second-order valence-electron chi connectivity index (χ2n) is 4.13. The van der Waals surface area contributed by atoms with Crippen LogP contribution in [0.2, 0.25) is 0 Å². The van der Waals surface area contributed by atoms with Crippen molar-refractivity contribution in [3.8, 4) is 5.75 Å². The normalized spacial score (nSPS) is 11.5. The van der Waals surface area contributed by atoms with Crippen molar-refractivity contribution < 1.29 is 13.4 Å². The average molecular weight is 228 g/mol. The van der Waals surface area contributed by atoms with Gasteiger partial charge in [-0.25, -0.2) is 4.89 Å². The van der Waals surface area contributed by atoms with Gasteiger partial charge in [-0.15, -0.1) is 4.33 Å². The molecule has 0 N–H and O–H groups in total. The van der Waals surface area contributed by atoms with E-state index in [1.54, 1.807) is 0 Å². The Morgan fingerprint density at radius 2 is 1.80 bits per heavy atom.